The lowest BCUT2D eigenvalue weighted by Crippen LogP contribution is -2.56. The van der Waals surface area contributed by atoms with Gasteiger partial charge in [0.25, 0.3) is 0 Å². The third-order valence-electron chi connectivity index (χ3n) is 3.87. The molecule has 21 heavy (non-hydrogen) atoms. The van der Waals surface area contributed by atoms with Crippen molar-refractivity contribution in [2.75, 3.05) is 19.6 Å². The molecule has 6 heteroatoms. The van der Waals surface area contributed by atoms with Crippen LogP contribution in [0.4, 0.5) is 9.18 Å². The first-order valence-electron chi connectivity index (χ1n) is 6.97. The Morgan fingerprint density at radius 1 is 1.48 bits per heavy atom. The second-order valence-electron chi connectivity index (χ2n) is 5.40. The van der Waals surface area contributed by atoms with Gasteiger partial charge in [-0.2, -0.15) is 0 Å². The van der Waals surface area contributed by atoms with Gasteiger partial charge in [-0.05, 0) is 24.1 Å². The van der Waals surface area contributed by atoms with E-state index in [0.717, 1.165) is 5.56 Å². The molecule has 1 atom stereocenters. The molecule has 0 aliphatic carbocycles. The maximum atomic E-state index is 13.0. The number of carbonyl (C=O) groups is 2. The van der Waals surface area contributed by atoms with Crippen LogP contribution in [0.3, 0.4) is 0 Å². The maximum absolute atomic E-state index is 13.0. The van der Waals surface area contributed by atoms with E-state index in [1.54, 1.807) is 17.9 Å². The van der Waals surface area contributed by atoms with Crippen LogP contribution in [0.15, 0.2) is 24.3 Å². The molecule has 0 radical (unpaired) electrons. The lowest BCUT2D eigenvalue weighted by Gasteiger charge is -2.41. The minimum atomic E-state index is -0.828. The van der Waals surface area contributed by atoms with Crippen molar-refractivity contribution < 1.29 is 19.1 Å². The van der Waals surface area contributed by atoms with E-state index in [-0.39, 0.29) is 17.8 Å². The van der Waals surface area contributed by atoms with Gasteiger partial charge in [-0.25, -0.2) is 9.18 Å². The van der Waals surface area contributed by atoms with E-state index in [1.807, 2.05) is 6.07 Å². The van der Waals surface area contributed by atoms with Crippen LogP contribution in [0.1, 0.15) is 12.5 Å². The second kappa shape index (κ2) is 6.56. The molecule has 1 unspecified atom stereocenters. The zero-order valence-corrected chi connectivity index (χ0v) is 11.9. The van der Waals surface area contributed by atoms with Gasteiger partial charge in [0.05, 0.1) is 5.92 Å². The van der Waals surface area contributed by atoms with Gasteiger partial charge in [0.2, 0.25) is 0 Å². The summed E-state index contributed by atoms with van der Waals surface area (Å²) in [7, 11) is 0. The molecule has 5 nitrogen and oxygen atoms in total. The molecule has 1 aliphatic heterocycles. The minimum Gasteiger partial charge on any atom is -0.481 e. The molecule has 2 N–H and O–H groups in total. The molecule has 0 saturated carbocycles. The van der Waals surface area contributed by atoms with Crippen LogP contribution < -0.4 is 5.32 Å². The number of benzene rings is 1. The van der Waals surface area contributed by atoms with Crippen LogP contribution in [-0.2, 0) is 11.2 Å². The highest BCUT2D eigenvalue weighted by molar-refractivity contribution is 5.76. The number of carboxylic acids is 1. The molecule has 1 heterocycles. The number of halogens is 1. The van der Waals surface area contributed by atoms with Gasteiger partial charge in [-0.15, -0.1) is 0 Å². The Labute approximate surface area is 122 Å². The first kappa shape index (κ1) is 15.3. The number of hydrogen-bond acceptors (Lipinski definition) is 2. The predicted molar refractivity (Wildman–Crippen MR) is 75.4 cm³/mol. The van der Waals surface area contributed by atoms with Gasteiger partial charge in [-0.3, -0.25) is 4.79 Å². The van der Waals surface area contributed by atoms with E-state index < -0.39 is 11.9 Å². The number of likely N-dealkylation sites (tertiary alicyclic amines) is 1. The van der Waals surface area contributed by atoms with Crippen molar-refractivity contribution in [3.8, 4) is 0 Å². The summed E-state index contributed by atoms with van der Waals surface area (Å²) in [6.07, 6.45) is 0.562. The summed E-state index contributed by atoms with van der Waals surface area (Å²) < 4.78 is 13.0. The van der Waals surface area contributed by atoms with E-state index in [0.29, 0.717) is 26.1 Å². The number of carbonyl (C=O) groups excluding carboxylic acids is 1. The number of amides is 2. The van der Waals surface area contributed by atoms with Crippen molar-refractivity contribution in [1.29, 1.82) is 0 Å². The Morgan fingerprint density at radius 3 is 2.81 bits per heavy atom. The monoisotopic (exact) mass is 294 g/mol. The Bertz CT molecular complexity index is 529. The predicted octanol–water partition coefficient (Wildman–Crippen LogP) is 1.73. The van der Waals surface area contributed by atoms with Gasteiger partial charge >= 0.3 is 12.0 Å². The first-order chi connectivity index (χ1) is 9.97. The fraction of sp³-hybridized carbons (Fsp3) is 0.467. The van der Waals surface area contributed by atoms with Gasteiger partial charge in [-0.1, -0.05) is 19.1 Å². The SMILES string of the molecule is CC(C(=O)O)C1CN(C(=O)NCCc2cccc(F)c2)C1. The van der Waals surface area contributed by atoms with Crippen molar-refractivity contribution in [3.63, 3.8) is 0 Å². The average Bonchev–Trinajstić information content (AvgIpc) is 2.36. The quantitative estimate of drug-likeness (QED) is 0.869. The molecule has 1 aliphatic rings. The second-order valence-corrected chi connectivity index (χ2v) is 5.40. The zero-order valence-electron chi connectivity index (χ0n) is 11.9. The minimum absolute atomic E-state index is 0.0245. The number of aliphatic carboxylic acids is 1. The largest absolute Gasteiger partial charge is 0.481 e. The van der Waals surface area contributed by atoms with E-state index in [4.69, 9.17) is 5.11 Å². The number of nitrogens with zero attached hydrogens (tertiary/aromatic N) is 1. The van der Waals surface area contributed by atoms with Crippen molar-refractivity contribution in [2.24, 2.45) is 11.8 Å². The molecule has 1 aromatic carbocycles. The summed E-state index contributed by atoms with van der Waals surface area (Å²) in [6, 6.07) is 6.08. The first-order valence-corrected chi connectivity index (χ1v) is 6.97. The van der Waals surface area contributed by atoms with E-state index in [2.05, 4.69) is 5.32 Å². The summed E-state index contributed by atoms with van der Waals surface area (Å²) in [6.45, 7) is 3.03. The molecule has 0 bridgehead atoms. The Hall–Kier alpha value is -2.11. The number of hydrogen-bond donors (Lipinski definition) is 2. The Kier molecular flexibility index (Phi) is 4.77. The summed E-state index contributed by atoms with van der Waals surface area (Å²) in [5.74, 6) is -1.52. The summed E-state index contributed by atoms with van der Waals surface area (Å²) >= 11 is 0. The van der Waals surface area contributed by atoms with Crippen LogP contribution in [0.25, 0.3) is 0 Å². The molecule has 114 valence electrons. The van der Waals surface area contributed by atoms with Crippen LogP contribution in [-0.4, -0.2) is 41.6 Å². The molecule has 0 spiro atoms. The summed E-state index contributed by atoms with van der Waals surface area (Å²) in [5, 5.41) is 11.6. The molecule has 2 rings (SSSR count). The Morgan fingerprint density at radius 2 is 2.19 bits per heavy atom. The molecular weight excluding hydrogens is 275 g/mol. The standard InChI is InChI=1S/C15H19FN2O3/c1-10(14(19)20)12-8-18(9-12)15(21)17-6-5-11-3-2-4-13(16)7-11/h2-4,7,10,12H,5-6,8-9H2,1H3,(H,17,21)(H,19,20). The van der Waals surface area contributed by atoms with Crippen LogP contribution in [0.2, 0.25) is 0 Å². The Balaban J connectivity index is 1.69. The van der Waals surface area contributed by atoms with Crippen molar-refractivity contribution in [2.45, 2.75) is 13.3 Å². The van der Waals surface area contributed by atoms with Gasteiger partial charge in [0.1, 0.15) is 5.82 Å². The zero-order chi connectivity index (χ0) is 15.4. The van der Waals surface area contributed by atoms with E-state index in [1.165, 1.54) is 12.1 Å². The van der Waals surface area contributed by atoms with Crippen LogP contribution in [0.5, 0.6) is 0 Å². The molecule has 2 amide bonds. The van der Waals surface area contributed by atoms with Crippen molar-refractivity contribution >= 4 is 12.0 Å². The highest BCUT2D eigenvalue weighted by atomic mass is 19.1. The maximum Gasteiger partial charge on any atom is 0.317 e. The fourth-order valence-corrected chi connectivity index (χ4v) is 2.31. The molecule has 0 aromatic heterocycles. The number of nitrogens with one attached hydrogen (secondary N) is 1. The highest BCUT2D eigenvalue weighted by Crippen LogP contribution is 2.23. The van der Waals surface area contributed by atoms with E-state index >= 15 is 0 Å². The van der Waals surface area contributed by atoms with Gasteiger partial charge in [0, 0.05) is 25.6 Å². The number of rotatable bonds is 5. The molecule has 1 fully saturated rings. The lowest BCUT2D eigenvalue weighted by atomic mass is 9.87. The van der Waals surface area contributed by atoms with Crippen molar-refractivity contribution in [1.82, 2.24) is 10.2 Å². The third kappa shape index (κ3) is 3.93. The van der Waals surface area contributed by atoms with Gasteiger partial charge in [0.15, 0.2) is 0 Å². The normalized spacial score (nSPS) is 16.2. The molecule has 1 aromatic rings. The van der Waals surface area contributed by atoms with E-state index in [9.17, 15) is 14.0 Å². The highest BCUT2D eigenvalue weighted by Gasteiger charge is 2.36. The average molecular weight is 294 g/mol. The van der Waals surface area contributed by atoms with Crippen molar-refractivity contribution in [3.05, 3.63) is 35.6 Å². The van der Waals surface area contributed by atoms with Gasteiger partial charge < -0.3 is 15.3 Å². The fourth-order valence-electron chi connectivity index (χ4n) is 2.31. The number of carboxylic acid groups (broad SMARTS) is 1. The number of urea groups is 1. The molecular formula is C15H19FN2O3. The van der Waals surface area contributed by atoms with Crippen LogP contribution in [0, 0.1) is 17.7 Å². The molecule has 1 saturated heterocycles. The topological polar surface area (TPSA) is 69.6 Å². The summed E-state index contributed by atoms with van der Waals surface area (Å²) in [5.41, 5.74) is 0.830. The third-order valence-corrected chi connectivity index (χ3v) is 3.87. The summed E-state index contributed by atoms with van der Waals surface area (Å²) in [4.78, 5) is 24.2. The lowest BCUT2D eigenvalue weighted by molar-refractivity contribution is -0.144. The van der Waals surface area contributed by atoms with Crippen LogP contribution >= 0.6 is 0 Å². The smallest absolute Gasteiger partial charge is 0.317 e.